The minimum Gasteiger partial charge on any atom is -0.409 e. The molecule has 2 rings (SSSR count). The van der Waals surface area contributed by atoms with Crippen LogP contribution >= 0.6 is 11.8 Å². The Balaban J connectivity index is 2.16. The Kier molecular flexibility index (Phi) is 4.31. The molecule has 1 atom stereocenters. The third-order valence-corrected chi connectivity index (χ3v) is 4.36. The molecular formula is C13H17N3O2S. The van der Waals surface area contributed by atoms with Crippen LogP contribution in [-0.2, 0) is 4.79 Å². The van der Waals surface area contributed by atoms with Crippen LogP contribution in [0.25, 0.3) is 0 Å². The number of rotatable bonds is 3. The number of thioether (sulfide) groups is 1. The van der Waals surface area contributed by atoms with E-state index < -0.39 is 0 Å². The van der Waals surface area contributed by atoms with Crippen molar-refractivity contribution in [3.05, 3.63) is 29.3 Å². The molecule has 0 saturated carbocycles. The minimum atomic E-state index is 0.0342. The molecule has 6 heteroatoms. The van der Waals surface area contributed by atoms with Gasteiger partial charge in [0.05, 0.1) is 0 Å². The quantitative estimate of drug-likeness (QED) is 0.340. The first-order chi connectivity index (χ1) is 9.11. The van der Waals surface area contributed by atoms with Crippen molar-refractivity contribution in [1.82, 2.24) is 0 Å². The number of carbonyl (C=O) groups excluding carboxylic acids is 1. The molecule has 1 unspecified atom stereocenters. The van der Waals surface area contributed by atoms with Crippen molar-refractivity contribution < 1.29 is 10.0 Å². The van der Waals surface area contributed by atoms with Crippen molar-refractivity contribution in [2.75, 3.05) is 16.8 Å². The first-order valence-electron chi connectivity index (χ1n) is 6.09. The van der Waals surface area contributed by atoms with E-state index in [0.717, 1.165) is 23.5 Å². The smallest absolute Gasteiger partial charge is 0.228 e. The van der Waals surface area contributed by atoms with Crippen molar-refractivity contribution in [1.29, 1.82) is 0 Å². The van der Waals surface area contributed by atoms with Crippen LogP contribution in [0.4, 0.5) is 5.69 Å². The van der Waals surface area contributed by atoms with Gasteiger partial charge in [-0.3, -0.25) is 4.79 Å². The molecule has 1 fully saturated rings. The highest BCUT2D eigenvalue weighted by atomic mass is 32.2. The Morgan fingerprint density at radius 3 is 3.00 bits per heavy atom. The fraction of sp³-hybridized carbons (Fsp3) is 0.385. The molecule has 0 aliphatic carbocycles. The summed E-state index contributed by atoms with van der Waals surface area (Å²) in [4.78, 5) is 12.1. The Bertz CT molecular complexity index is 511. The lowest BCUT2D eigenvalue weighted by atomic mass is 10.1. The molecule has 1 saturated heterocycles. The predicted octanol–water partition coefficient (Wildman–Crippen LogP) is 1.78. The first kappa shape index (κ1) is 13.7. The number of oxime groups is 1. The number of hydrogen-bond donors (Lipinski definition) is 3. The van der Waals surface area contributed by atoms with Gasteiger partial charge < -0.3 is 16.3 Å². The molecular weight excluding hydrogens is 262 g/mol. The van der Waals surface area contributed by atoms with E-state index in [4.69, 9.17) is 10.9 Å². The summed E-state index contributed by atoms with van der Waals surface area (Å²) in [5.74, 6) is 2.08. The van der Waals surface area contributed by atoms with E-state index in [-0.39, 0.29) is 17.7 Å². The fourth-order valence-corrected chi connectivity index (χ4v) is 3.17. The van der Waals surface area contributed by atoms with Gasteiger partial charge in [0.2, 0.25) is 5.91 Å². The van der Waals surface area contributed by atoms with E-state index in [1.165, 1.54) is 0 Å². The van der Waals surface area contributed by atoms with Crippen molar-refractivity contribution >= 4 is 29.2 Å². The van der Waals surface area contributed by atoms with Gasteiger partial charge in [0.15, 0.2) is 5.84 Å². The van der Waals surface area contributed by atoms with Crippen LogP contribution in [0, 0.1) is 12.8 Å². The summed E-state index contributed by atoms with van der Waals surface area (Å²) in [7, 11) is 0. The summed E-state index contributed by atoms with van der Waals surface area (Å²) >= 11 is 1.80. The van der Waals surface area contributed by atoms with Gasteiger partial charge in [0.1, 0.15) is 0 Å². The van der Waals surface area contributed by atoms with Gasteiger partial charge in [-0.2, -0.15) is 11.8 Å². The van der Waals surface area contributed by atoms with Crippen LogP contribution in [0.15, 0.2) is 23.4 Å². The summed E-state index contributed by atoms with van der Waals surface area (Å²) in [6.07, 6.45) is 0.926. The number of hydrogen-bond acceptors (Lipinski definition) is 4. The van der Waals surface area contributed by atoms with Crippen LogP contribution in [0.5, 0.6) is 0 Å². The van der Waals surface area contributed by atoms with Gasteiger partial charge in [0.25, 0.3) is 0 Å². The third kappa shape index (κ3) is 3.20. The second kappa shape index (κ2) is 5.97. The molecule has 5 nitrogen and oxygen atoms in total. The zero-order valence-corrected chi connectivity index (χ0v) is 11.5. The molecule has 1 aromatic carbocycles. The number of benzene rings is 1. The van der Waals surface area contributed by atoms with Gasteiger partial charge in [-0.15, -0.1) is 0 Å². The number of aryl methyl sites for hydroxylation is 1. The lowest BCUT2D eigenvalue weighted by molar-refractivity contribution is -0.119. The normalized spacial score (nSPS) is 19.4. The van der Waals surface area contributed by atoms with Gasteiger partial charge in [-0.1, -0.05) is 17.3 Å². The summed E-state index contributed by atoms with van der Waals surface area (Å²) in [6, 6.07) is 5.32. The number of amidine groups is 1. The van der Waals surface area contributed by atoms with E-state index in [9.17, 15) is 4.79 Å². The maximum atomic E-state index is 12.1. The number of anilines is 1. The first-order valence-corrected chi connectivity index (χ1v) is 7.24. The molecule has 0 bridgehead atoms. The highest BCUT2D eigenvalue weighted by Crippen LogP contribution is 2.25. The monoisotopic (exact) mass is 279 g/mol. The van der Waals surface area contributed by atoms with Crippen LogP contribution in [0.3, 0.4) is 0 Å². The van der Waals surface area contributed by atoms with E-state index in [1.54, 1.807) is 23.9 Å². The van der Waals surface area contributed by atoms with Crippen molar-refractivity contribution in [2.45, 2.75) is 13.3 Å². The molecule has 19 heavy (non-hydrogen) atoms. The maximum Gasteiger partial charge on any atom is 0.228 e. The average molecular weight is 279 g/mol. The highest BCUT2D eigenvalue weighted by Gasteiger charge is 2.23. The zero-order valence-electron chi connectivity index (χ0n) is 10.7. The van der Waals surface area contributed by atoms with E-state index in [2.05, 4.69) is 10.5 Å². The molecule has 1 aromatic rings. The van der Waals surface area contributed by atoms with Crippen molar-refractivity contribution in [2.24, 2.45) is 16.8 Å². The molecule has 1 aliphatic heterocycles. The molecule has 1 amide bonds. The topological polar surface area (TPSA) is 87.7 Å². The van der Waals surface area contributed by atoms with Gasteiger partial charge in [0, 0.05) is 22.9 Å². The maximum absolute atomic E-state index is 12.1. The minimum absolute atomic E-state index is 0.0342. The molecule has 0 spiro atoms. The van der Waals surface area contributed by atoms with Crippen molar-refractivity contribution in [3.63, 3.8) is 0 Å². The third-order valence-electron chi connectivity index (χ3n) is 3.20. The van der Waals surface area contributed by atoms with Crippen molar-refractivity contribution in [3.8, 4) is 0 Å². The summed E-state index contributed by atoms with van der Waals surface area (Å²) in [5, 5.41) is 14.6. The summed E-state index contributed by atoms with van der Waals surface area (Å²) in [6.45, 7) is 1.91. The largest absolute Gasteiger partial charge is 0.409 e. The SMILES string of the molecule is Cc1ccc(C(N)=NO)cc1NC(=O)C1CCSC1. The summed E-state index contributed by atoms with van der Waals surface area (Å²) in [5.41, 5.74) is 7.80. The lowest BCUT2D eigenvalue weighted by Gasteiger charge is -2.13. The average Bonchev–Trinajstić information content (AvgIpc) is 2.94. The zero-order chi connectivity index (χ0) is 13.8. The Morgan fingerprint density at radius 2 is 2.37 bits per heavy atom. The number of amides is 1. The number of nitrogens with two attached hydrogens (primary N) is 1. The molecule has 1 aliphatic rings. The number of carbonyl (C=O) groups is 1. The Hall–Kier alpha value is -1.69. The summed E-state index contributed by atoms with van der Waals surface area (Å²) < 4.78 is 0. The van der Waals surface area contributed by atoms with Crippen LogP contribution < -0.4 is 11.1 Å². The van der Waals surface area contributed by atoms with E-state index in [1.807, 2.05) is 13.0 Å². The molecule has 0 radical (unpaired) electrons. The predicted molar refractivity (Wildman–Crippen MR) is 77.8 cm³/mol. The van der Waals surface area contributed by atoms with E-state index >= 15 is 0 Å². The fourth-order valence-electron chi connectivity index (χ4n) is 1.95. The van der Waals surface area contributed by atoms with Crippen LogP contribution in [0.1, 0.15) is 17.5 Å². The second-order valence-corrected chi connectivity index (χ2v) is 5.71. The standard InChI is InChI=1S/C13H17N3O2S/c1-8-2-3-9(12(14)16-18)6-11(8)15-13(17)10-4-5-19-7-10/h2-3,6,10,18H,4-5,7H2,1H3,(H2,14,16)(H,15,17). The molecule has 1 heterocycles. The van der Waals surface area contributed by atoms with E-state index in [0.29, 0.717) is 11.3 Å². The van der Waals surface area contributed by atoms with Gasteiger partial charge in [-0.25, -0.2) is 0 Å². The Morgan fingerprint density at radius 1 is 1.58 bits per heavy atom. The number of nitrogens with zero attached hydrogens (tertiary/aromatic N) is 1. The van der Waals surface area contributed by atoms with Gasteiger partial charge in [-0.05, 0) is 30.7 Å². The van der Waals surface area contributed by atoms with Crippen LogP contribution in [0.2, 0.25) is 0 Å². The molecule has 102 valence electrons. The van der Waals surface area contributed by atoms with Crippen LogP contribution in [-0.4, -0.2) is 28.5 Å². The lowest BCUT2D eigenvalue weighted by Crippen LogP contribution is -2.23. The number of nitrogens with one attached hydrogen (secondary N) is 1. The van der Waals surface area contributed by atoms with Gasteiger partial charge >= 0.3 is 0 Å². The second-order valence-electron chi connectivity index (χ2n) is 4.56. The Labute approximate surface area is 116 Å². The molecule has 4 N–H and O–H groups in total. The molecule has 0 aromatic heterocycles. The highest BCUT2D eigenvalue weighted by molar-refractivity contribution is 7.99.